The van der Waals surface area contributed by atoms with Crippen LogP contribution in [0.3, 0.4) is 0 Å². The summed E-state index contributed by atoms with van der Waals surface area (Å²) in [7, 11) is 1.96. The first-order valence-electron chi connectivity index (χ1n) is 9.52. The number of H-pyrrole nitrogens is 1. The van der Waals surface area contributed by atoms with Crippen LogP contribution in [0, 0.1) is 6.92 Å². The third-order valence-electron chi connectivity index (χ3n) is 4.94. The minimum Gasteiger partial charge on any atom is -0.378 e. The summed E-state index contributed by atoms with van der Waals surface area (Å²) >= 11 is 4.71. The summed E-state index contributed by atoms with van der Waals surface area (Å²) in [5.74, 6) is 2.00. The van der Waals surface area contributed by atoms with E-state index in [1.807, 2.05) is 17.0 Å². The van der Waals surface area contributed by atoms with Crippen molar-refractivity contribution < 1.29 is 4.74 Å². The zero-order valence-electron chi connectivity index (χ0n) is 16.5. The first-order valence-corrected chi connectivity index (χ1v) is 12.2. The first kappa shape index (κ1) is 19.7. The molecular formula is C19H20N6O2S3. The molecule has 0 aliphatic carbocycles. The van der Waals surface area contributed by atoms with Gasteiger partial charge in [-0.05, 0) is 19.1 Å². The van der Waals surface area contributed by atoms with Crippen LogP contribution >= 0.6 is 34.4 Å². The molecule has 0 amide bonds. The van der Waals surface area contributed by atoms with Crippen LogP contribution in [0.25, 0.3) is 20.7 Å². The maximum absolute atomic E-state index is 12.8. The van der Waals surface area contributed by atoms with Gasteiger partial charge >= 0.3 is 0 Å². The van der Waals surface area contributed by atoms with Crippen LogP contribution in [0.2, 0.25) is 0 Å². The van der Waals surface area contributed by atoms with Gasteiger partial charge in [0.25, 0.3) is 5.56 Å². The van der Waals surface area contributed by atoms with Crippen LogP contribution in [-0.2, 0) is 17.5 Å². The molecule has 156 valence electrons. The lowest BCUT2D eigenvalue weighted by molar-refractivity contribution is 0.121. The van der Waals surface area contributed by atoms with E-state index in [0.717, 1.165) is 39.5 Å². The highest BCUT2D eigenvalue weighted by Crippen LogP contribution is 2.35. The molecule has 0 saturated carbocycles. The number of hydrogen-bond acceptors (Lipinski definition) is 9. The van der Waals surface area contributed by atoms with Gasteiger partial charge in [0, 0.05) is 40.8 Å². The Kier molecular flexibility index (Phi) is 5.35. The van der Waals surface area contributed by atoms with Crippen LogP contribution in [0.15, 0.2) is 27.5 Å². The lowest BCUT2D eigenvalue weighted by Crippen LogP contribution is -2.37. The summed E-state index contributed by atoms with van der Waals surface area (Å²) < 4.78 is 7.39. The molecule has 0 radical (unpaired) electrons. The molecule has 30 heavy (non-hydrogen) atoms. The molecule has 1 fully saturated rings. The van der Waals surface area contributed by atoms with E-state index < -0.39 is 0 Å². The van der Waals surface area contributed by atoms with E-state index in [2.05, 4.69) is 39.1 Å². The van der Waals surface area contributed by atoms with Gasteiger partial charge in [-0.1, -0.05) is 11.8 Å². The van der Waals surface area contributed by atoms with Crippen molar-refractivity contribution in [3.05, 3.63) is 38.6 Å². The largest absolute Gasteiger partial charge is 0.378 e. The van der Waals surface area contributed by atoms with Crippen molar-refractivity contribution in [1.82, 2.24) is 24.7 Å². The van der Waals surface area contributed by atoms with Crippen LogP contribution in [0.1, 0.15) is 10.7 Å². The Labute approximate surface area is 184 Å². The molecule has 1 aliphatic rings. The Morgan fingerprint density at radius 2 is 2.10 bits per heavy atom. The maximum atomic E-state index is 12.8. The number of nitrogens with one attached hydrogen (secondary N) is 1. The van der Waals surface area contributed by atoms with Gasteiger partial charge in [-0.2, -0.15) is 0 Å². The number of thiophene rings is 2. The van der Waals surface area contributed by atoms with E-state index >= 15 is 0 Å². The molecule has 4 aromatic rings. The minimum absolute atomic E-state index is 0.0927. The second-order valence-corrected chi connectivity index (χ2v) is 10.1. The average molecular weight is 461 g/mol. The average Bonchev–Trinajstić information content (AvgIpc) is 3.46. The number of rotatable bonds is 5. The summed E-state index contributed by atoms with van der Waals surface area (Å²) in [6, 6.07) is 4.13. The zero-order chi connectivity index (χ0) is 20.7. The monoisotopic (exact) mass is 460 g/mol. The van der Waals surface area contributed by atoms with E-state index in [4.69, 9.17) is 9.72 Å². The first-order chi connectivity index (χ1) is 14.6. The fourth-order valence-electron chi connectivity index (χ4n) is 3.43. The van der Waals surface area contributed by atoms with Crippen molar-refractivity contribution in [3.63, 3.8) is 0 Å². The van der Waals surface area contributed by atoms with Gasteiger partial charge in [0.2, 0.25) is 5.95 Å². The van der Waals surface area contributed by atoms with Gasteiger partial charge in [0.05, 0.1) is 24.4 Å². The number of ether oxygens (including phenoxy) is 1. The molecule has 1 aliphatic heterocycles. The van der Waals surface area contributed by atoms with E-state index in [1.165, 1.54) is 28.0 Å². The molecule has 0 atom stereocenters. The lowest BCUT2D eigenvalue weighted by Gasteiger charge is -2.27. The number of morpholine rings is 1. The van der Waals surface area contributed by atoms with Crippen molar-refractivity contribution in [2.75, 3.05) is 31.2 Å². The van der Waals surface area contributed by atoms with Gasteiger partial charge in [-0.15, -0.1) is 32.9 Å². The van der Waals surface area contributed by atoms with Crippen molar-refractivity contribution in [2.24, 2.45) is 7.05 Å². The van der Waals surface area contributed by atoms with E-state index in [9.17, 15) is 4.79 Å². The SMILES string of the molecule is Cc1ccc(-c2csc3nc(CSc4nnc(N5CCOCC5)n4C)[nH]c(=O)c23)s1. The summed E-state index contributed by atoms with van der Waals surface area (Å²) in [4.78, 5) is 25.7. The summed E-state index contributed by atoms with van der Waals surface area (Å²) in [6.07, 6.45) is 0. The number of nitrogens with zero attached hydrogens (tertiary/aromatic N) is 5. The third-order valence-corrected chi connectivity index (χ3v) is 7.88. The normalized spacial score (nSPS) is 14.7. The molecule has 4 aromatic heterocycles. The van der Waals surface area contributed by atoms with Gasteiger partial charge < -0.3 is 14.6 Å². The summed E-state index contributed by atoms with van der Waals surface area (Å²) in [5, 5.41) is 12.1. The maximum Gasteiger partial charge on any atom is 0.260 e. The van der Waals surface area contributed by atoms with E-state index in [1.54, 1.807) is 11.3 Å². The van der Waals surface area contributed by atoms with Crippen molar-refractivity contribution in [3.8, 4) is 10.4 Å². The lowest BCUT2D eigenvalue weighted by atomic mass is 10.2. The number of aromatic nitrogens is 5. The highest BCUT2D eigenvalue weighted by Gasteiger charge is 2.19. The van der Waals surface area contributed by atoms with Crippen LogP contribution in [0.5, 0.6) is 0 Å². The molecular weight excluding hydrogens is 440 g/mol. The summed E-state index contributed by atoms with van der Waals surface area (Å²) in [5.41, 5.74) is 0.870. The zero-order valence-corrected chi connectivity index (χ0v) is 19.0. The second kappa shape index (κ2) is 8.14. The summed E-state index contributed by atoms with van der Waals surface area (Å²) in [6.45, 7) is 5.10. The number of hydrogen-bond donors (Lipinski definition) is 1. The predicted molar refractivity (Wildman–Crippen MR) is 122 cm³/mol. The second-order valence-electron chi connectivity index (χ2n) is 6.98. The van der Waals surface area contributed by atoms with Gasteiger partial charge in [-0.3, -0.25) is 9.36 Å². The van der Waals surface area contributed by atoms with E-state index in [-0.39, 0.29) is 5.56 Å². The number of aryl methyl sites for hydroxylation is 1. The van der Waals surface area contributed by atoms with Gasteiger partial charge in [0.1, 0.15) is 10.7 Å². The number of thioether (sulfide) groups is 1. The Hall–Kier alpha value is -2.21. The van der Waals surface area contributed by atoms with Gasteiger partial charge in [-0.25, -0.2) is 4.98 Å². The molecule has 5 rings (SSSR count). The molecule has 8 nitrogen and oxygen atoms in total. The van der Waals surface area contributed by atoms with Crippen LogP contribution < -0.4 is 10.5 Å². The Morgan fingerprint density at radius 1 is 1.27 bits per heavy atom. The third kappa shape index (κ3) is 3.66. The fraction of sp³-hybridized carbons (Fsp3) is 0.368. The molecule has 5 heterocycles. The Bertz CT molecular complexity index is 1250. The van der Waals surface area contributed by atoms with Crippen molar-refractivity contribution >= 4 is 50.6 Å². The molecule has 0 spiro atoms. The number of anilines is 1. The molecule has 1 N–H and O–H groups in total. The molecule has 0 unspecified atom stereocenters. The topological polar surface area (TPSA) is 88.9 Å². The predicted octanol–water partition coefficient (Wildman–Crippen LogP) is 3.28. The molecule has 0 aromatic carbocycles. The molecule has 11 heteroatoms. The standard InChI is InChI=1S/C19H20N6O2S3/c1-11-3-4-13(30-11)12-9-28-17-15(12)16(26)20-14(21-17)10-29-19-23-22-18(24(19)2)25-5-7-27-8-6-25/h3-4,9H,5-8,10H2,1-2H3,(H,20,21,26). The minimum atomic E-state index is -0.0927. The molecule has 0 bridgehead atoms. The quantitative estimate of drug-likeness (QED) is 0.457. The van der Waals surface area contributed by atoms with Gasteiger partial charge in [0.15, 0.2) is 5.16 Å². The fourth-order valence-corrected chi connectivity index (χ4v) is 6.13. The smallest absolute Gasteiger partial charge is 0.260 e. The Morgan fingerprint density at radius 3 is 2.87 bits per heavy atom. The number of fused-ring (bicyclic) bond motifs is 1. The van der Waals surface area contributed by atoms with E-state index in [0.29, 0.717) is 30.2 Å². The van der Waals surface area contributed by atoms with Crippen LogP contribution in [-0.4, -0.2) is 51.0 Å². The highest BCUT2D eigenvalue weighted by molar-refractivity contribution is 7.98. The Balaban J connectivity index is 1.36. The van der Waals surface area contributed by atoms with Crippen molar-refractivity contribution in [1.29, 1.82) is 0 Å². The van der Waals surface area contributed by atoms with Crippen LogP contribution in [0.4, 0.5) is 5.95 Å². The molecule has 1 saturated heterocycles. The van der Waals surface area contributed by atoms with Crippen molar-refractivity contribution in [2.45, 2.75) is 17.8 Å². The number of aromatic amines is 1. The highest BCUT2D eigenvalue weighted by atomic mass is 32.2.